The summed E-state index contributed by atoms with van der Waals surface area (Å²) in [5.41, 5.74) is 5.31. The van der Waals surface area contributed by atoms with E-state index >= 15 is 0 Å². The molecule has 0 aromatic carbocycles. The lowest BCUT2D eigenvalue weighted by Crippen LogP contribution is -2.18. The quantitative estimate of drug-likeness (QED) is 0.586. The van der Waals surface area contributed by atoms with E-state index in [4.69, 9.17) is 10.5 Å². The van der Waals surface area contributed by atoms with Gasteiger partial charge in [-0.2, -0.15) is 0 Å². The average molecular weight is 143 g/mol. The smallest absolute Gasteiger partial charge is 0.0494 e. The predicted molar refractivity (Wildman–Crippen MR) is 41.8 cm³/mol. The van der Waals surface area contributed by atoms with Crippen molar-refractivity contribution in [1.29, 1.82) is 0 Å². The van der Waals surface area contributed by atoms with Gasteiger partial charge in [0.1, 0.15) is 0 Å². The average Bonchev–Trinajstić information content (AvgIpc) is 1.84. The molecule has 1 rings (SSSR count). The van der Waals surface area contributed by atoms with Gasteiger partial charge in [-0.3, -0.25) is 0 Å². The minimum Gasteiger partial charge on any atom is -0.381 e. The lowest BCUT2D eigenvalue weighted by molar-refractivity contribution is 0.0698. The summed E-state index contributed by atoms with van der Waals surface area (Å²) < 4.78 is 5.40. The Bertz CT molecular complexity index is 81.3. The molecule has 1 aliphatic carbocycles. The molecule has 0 aromatic rings. The Morgan fingerprint density at radius 1 is 1.40 bits per heavy atom. The number of hydrogen-bond donors (Lipinski definition) is 1. The van der Waals surface area contributed by atoms with Crippen LogP contribution < -0.4 is 5.73 Å². The lowest BCUT2D eigenvalue weighted by Gasteiger charge is -2.24. The Balaban J connectivity index is 1.76. The zero-order chi connectivity index (χ0) is 7.23. The van der Waals surface area contributed by atoms with E-state index in [0.29, 0.717) is 0 Å². The third kappa shape index (κ3) is 2.67. The van der Waals surface area contributed by atoms with Crippen molar-refractivity contribution in [3.05, 3.63) is 0 Å². The Kier molecular flexibility index (Phi) is 3.76. The van der Waals surface area contributed by atoms with Gasteiger partial charge in [0, 0.05) is 13.2 Å². The largest absolute Gasteiger partial charge is 0.381 e. The second-order valence-electron chi connectivity index (χ2n) is 3.01. The van der Waals surface area contributed by atoms with E-state index in [0.717, 1.165) is 32.1 Å². The highest BCUT2D eigenvalue weighted by atomic mass is 16.5. The summed E-state index contributed by atoms with van der Waals surface area (Å²) in [7, 11) is 0. The van der Waals surface area contributed by atoms with Crippen LogP contribution >= 0.6 is 0 Å². The maximum atomic E-state index is 5.40. The highest BCUT2D eigenvalue weighted by Crippen LogP contribution is 2.26. The van der Waals surface area contributed by atoms with Crippen molar-refractivity contribution in [3.63, 3.8) is 0 Å². The first-order valence-electron chi connectivity index (χ1n) is 4.21. The molecule has 0 radical (unpaired) electrons. The van der Waals surface area contributed by atoms with Gasteiger partial charge >= 0.3 is 0 Å². The fraction of sp³-hybridized carbons (Fsp3) is 1.00. The van der Waals surface area contributed by atoms with Gasteiger partial charge in [-0.15, -0.1) is 0 Å². The molecule has 1 saturated carbocycles. The van der Waals surface area contributed by atoms with E-state index < -0.39 is 0 Å². The fourth-order valence-electron chi connectivity index (χ4n) is 1.09. The summed E-state index contributed by atoms with van der Waals surface area (Å²) in [4.78, 5) is 0. The maximum Gasteiger partial charge on any atom is 0.0494 e. The molecule has 0 unspecified atom stereocenters. The third-order valence-corrected chi connectivity index (χ3v) is 2.07. The first kappa shape index (κ1) is 8.02. The fourth-order valence-corrected chi connectivity index (χ4v) is 1.09. The molecule has 0 bridgehead atoms. The van der Waals surface area contributed by atoms with E-state index in [-0.39, 0.29) is 0 Å². The summed E-state index contributed by atoms with van der Waals surface area (Å²) in [6.07, 6.45) is 5.17. The molecule has 60 valence electrons. The van der Waals surface area contributed by atoms with Gasteiger partial charge in [0.15, 0.2) is 0 Å². The van der Waals surface area contributed by atoms with Crippen LogP contribution in [-0.4, -0.2) is 19.8 Å². The molecule has 2 nitrogen and oxygen atoms in total. The summed E-state index contributed by atoms with van der Waals surface area (Å²) >= 11 is 0. The Hall–Kier alpha value is -0.0800. The molecule has 0 heterocycles. The lowest BCUT2D eigenvalue weighted by atomic mass is 9.86. The van der Waals surface area contributed by atoms with Crippen LogP contribution in [0, 0.1) is 5.92 Å². The SMILES string of the molecule is NCCCOCC1CCC1. The number of nitrogens with two attached hydrogens (primary N) is 1. The van der Waals surface area contributed by atoms with E-state index in [9.17, 15) is 0 Å². The highest BCUT2D eigenvalue weighted by molar-refractivity contribution is 4.68. The molecule has 1 fully saturated rings. The molecule has 0 aromatic heterocycles. The summed E-state index contributed by atoms with van der Waals surface area (Å²) in [5, 5.41) is 0. The molecule has 1 aliphatic rings. The van der Waals surface area contributed by atoms with E-state index in [1.807, 2.05) is 0 Å². The van der Waals surface area contributed by atoms with Crippen molar-refractivity contribution in [2.45, 2.75) is 25.7 Å². The summed E-state index contributed by atoms with van der Waals surface area (Å²) in [6.45, 7) is 2.58. The van der Waals surface area contributed by atoms with Gasteiger partial charge in [-0.05, 0) is 31.7 Å². The van der Waals surface area contributed by atoms with Crippen molar-refractivity contribution in [2.75, 3.05) is 19.8 Å². The van der Waals surface area contributed by atoms with Crippen LogP contribution in [0.1, 0.15) is 25.7 Å². The van der Waals surface area contributed by atoms with Crippen molar-refractivity contribution in [2.24, 2.45) is 11.7 Å². The number of hydrogen-bond acceptors (Lipinski definition) is 2. The Morgan fingerprint density at radius 2 is 2.20 bits per heavy atom. The first-order valence-corrected chi connectivity index (χ1v) is 4.21. The van der Waals surface area contributed by atoms with Crippen molar-refractivity contribution in [3.8, 4) is 0 Å². The van der Waals surface area contributed by atoms with Gasteiger partial charge < -0.3 is 10.5 Å². The normalized spacial score (nSPS) is 18.9. The van der Waals surface area contributed by atoms with Crippen LogP contribution in [0.5, 0.6) is 0 Å². The molecule has 0 amide bonds. The van der Waals surface area contributed by atoms with Crippen LogP contribution in [0.4, 0.5) is 0 Å². The monoisotopic (exact) mass is 143 g/mol. The minimum atomic E-state index is 0.755. The van der Waals surface area contributed by atoms with E-state index in [1.165, 1.54) is 19.3 Å². The predicted octanol–water partition coefficient (Wildman–Crippen LogP) is 1.15. The van der Waals surface area contributed by atoms with Gasteiger partial charge in [0.05, 0.1) is 0 Å². The molecule has 2 heteroatoms. The molecule has 0 atom stereocenters. The molecule has 0 saturated heterocycles. The summed E-state index contributed by atoms with van der Waals surface area (Å²) in [5.74, 6) is 0.873. The standard InChI is InChI=1S/C8H17NO/c9-5-2-6-10-7-8-3-1-4-8/h8H,1-7,9H2. The highest BCUT2D eigenvalue weighted by Gasteiger charge is 2.16. The minimum absolute atomic E-state index is 0.755. The van der Waals surface area contributed by atoms with Gasteiger partial charge in [0.25, 0.3) is 0 Å². The van der Waals surface area contributed by atoms with Crippen molar-refractivity contribution < 1.29 is 4.74 Å². The van der Waals surface area contributed by atoms with E-state index in [2.05, 4.69) is 0 Å². The Morgan fingerprint density at radius 3 is 2.70 bits per heavy atom. The molecule has 10 heavy (non-hydrogen) atoms. The van der Waals surface area contributed by atoms with Crippen molar-refractivity contribution >= 4 is 0 Å². The molecule has 2 N–H and O–H groups in total. The van der Waals surface area contributed by atoms with Gasteiger partial charge in [-0.25, -0.2) is 0 Å². The molecule has 0 aliphatic heterocycles. The first-order chi connectivity index (χ1) is 4.93. The zero-order valence-electron chi connectivity index (χ0n) is 6.51. The zero-order valence-corrected chi connectivity index (χ0v) is 6.51. The number of ether oxygens (including phenoxy) is 1. The van der Waals surface area contributed by atoms with Crippen LogP contribution in [0.25, 0.3) is 0 Å². The van der Waals surface area contributed by atoms with E-state index in [1.54, 1.807) is 0 Å². The number of rotatable bonds is 5. The van der Waals surface area contributed by atoms with Crippen LogP contribution in [-0.2, 0) is 4.74 Å². The van der Waals surface area contributed by atoms with Crippen LogP contribution in [0.15, 0.2) is 0 Å². The van der Waals surface area contributed by atoms with Crippen molar-refractivity contribution in [1.82, 2.24) is 0 Å². The van der Waals surface area contributed by atoms with Crippen LogP contribution in [0.2, 0.25) is 0 Å². The van der Waals surface area contributed by atoms with Gasteiger partial charge in [0.2, 0.25) is 0 Å². The second kappa shape index (κ2) is 4.69. The molecular weight excluding hydrogens is 126 g/mol. The third-order valence-electron chi connectivity index (χ3n) is 2.07. The summed E-state index contributed by atoms with van der Waals surface area (Å²) in [6, 6.07) is 0. The van der Waals surface area contributed by atoms with Gasteiger partial charge in [-0.1, -0.05) is 6.42 Å². The van der Waals surface area contributed by atoms with Crippen LogP contribution in [0.3, 0.4) is 0 Å². The molecule has 0 spiro atoms. The second-order valence-corrected chi connectivity index (χ2v) is 3.01. The molecular formula is C8H17NO. The Labute approximate surface area is 62.7 Å². The topological polar surface area (TPSA) is 35.2 Å². The maximum absolute atomic E-state index is 5.40.